The minimum absolute atomic E-state index is 0.00995. The summed E-state index contributed by atoms with van der Waals surface area (Å²) in [4.78, 5) is 33.9. The summed E-state index contributed by atoms with van der Waals surface area (Å²) >= 11 is 0. The fourth-order valence-corrected chi connectivity index (χ4v) is 1.73. The summed E-state index contributed by atoms with van der Waals surface area (Å²) in [5.41, 5.74) is 2.05. The summed E-state index contributed by atoms with van der Waals surface area (Å²) < 4.78 is 0. The standard InChI is InChI=1S/C16H23N3O4/c1-10(2)15(22)18-12-7-6-11(3)13(9-12)19-16(23)17-8-4-5-14(20)21/h6-7,9-10H,4-5,8H2,1-3H3,(H,18,22)(H,20,21)(H2,17,19,23). The highest BCUT2D eigenvalue weighted by Gasteiger charge is 2.09. The van der Waals surface area contributed by atoms with E-state index in [2.05, 4.69) is 16.0 Å². The number of carbonyl (C=O) groups is 3. The molecule has 3 amide bonds. The third-order valence-corrected chi connectivity index (χ3v) is 3.13. The van der Waals surface area contributed by atoms with Gasteiger partial charge in [-0.3, -0.25) is 9.59 Å². The Balaban J connectivity index is 2.59. The number of carbonyl (C=O) groups excluding carboxylic acids is 2. The van der Waals surface area contributed by atoms with Crippen molar-refractivity contribution in [2.45, 2.75) is 33.6 Å². The Morgan fingerprint density at radius 2 is 1.87 bits per heavy atom. The van der Waals surface area contributed by atoms with Crippen molar-refractivity contribution in [2.75, 3.05) is 17.2 Å². The number of hydrogen-bond acceptors (Lipinski definition) is 3. The lowest BCUT2D eigenvalue weighted by molar-refractivity contribution is -0.137. The zero-order valence-corrected chi connectivity index (χ0v) is 13.6. The van der Waals surface area contributed by atoms with E-state index in [1.807, 2.05) is 6.92 Å². The number of rotatable bonds is 7. The van der Waals surface area contributed by atoms with Crippen molar-refractivity contribution in [3.63, 3.8) is 0 Å². The second-order valence-corrected chi connectivity index (χ2v) is 5.55. The zero-order chi connectivity index (χ0) is 17.4. The van der Waals surface area contributed by atoms with Gasteiger partial charge in [0, 0.05) is 30.3 Å². The number of carboxylic acid groups (broad SMARTS) is 1. The van der Waals surface area contributed by atoms with E-state index in [0.29, 0.717) is 17.8 Å². The maximum atomic E-state index is 11.8. The molecule has 1 aromatic carbocycles. The zero-order valence-electron chi connectivity index (χ0n) is 13.6. The highest BCUT2D eigenvalue weighted by molar-refractivity contribution is 5.94. The highest BCUT2D eigenvalue weighted by Crippen LogP contribution is 2.20. The lowest BCUT2D eigenvalue weighted by atomic mass is 10.1. The molecule has 1 aromatic rings. The molecular formula is C16H23N3O4. The van der Waals surface area contributed by atoms with Crippen molar-refractivity contribution in [3.8, 4) is 0 Å². The molecule has 0 aliphatic rings. The smallest absolute Gasteiger partial charge is 0.319 e. The molecule has 23 heavy (non-hydrogen) atoms. The van der Waals surface area contributed by atoms with Crippen LogP contribution in [-0.2, 0) is 9.59 Å². The molecule has 0 aliphatic carbocycles. The summed E-state index contributed by atoms with van der Waals surface area (Å²) in [5, 5.41) is 16.6. The van der Waals surface area contributed by atoms with Crippen LogP contribution in [0, 0.1) is 12.8 Å². The fraction of sp³-hybridized carbons (Fsp3) is 0.438. The Kier molecular flexibility index (Phi) is 7.05. The van der Waals surface area contributed by atoms with Gasteiger partial charge in [-0.25, -0.2) is 4.79 Å². The molecule has 7 nitrogen and oxygen atoms in total. The second kappa shape index (κ2) is 8.77. The van der Waals surface area contributed by atoms with Gasteiger partial charge in [-0.2, -0.15) is 0 Å². The van der Waals surface area contributed by atoms with E-state index in [-0.39, 0.29) is 24.8 Å². The van der Waals surface area contributed by atoms with Gasteiger partial charge in [0.05, 0.1) is 0 Å². The van der Waals surface area contributed by atoms with Gasteiger partial charge in [0.15, 0.2) is 0 Å². The molecule has 0 spiro atoms. The van der Waals surface area contributed by atoms with E-state index in [4.69, 9.17) is 5.11 Å². The summed E-state index contributed by atoms with van der Waals surface area (Å²) in [6.45, 7) is 5.72. The minimum atomic E-state index is -0.892. The van der Waals surface area contributed by atoms with Crippen molar-refractivity contribution in [3.05, 3.63) is 23.8 Å². The maximum Gasteiger partial charge on any atom is 0.319 e. The second-order valence-electron chi connectivity index (χ2n) is 5.55. The first-order valence-electron chi connectivity index (χ1n) is 7.47. The Hall–Kier alpha value is -2.57. The normalized spacial score (nSPS) is 10.3. The third-order valence-electron chi connectivity index (χ3n) is 3.13. The largest absolute Gasteiger partial charge is 0.481 e. The summed E-state index contributed by atoms with van der Waals surface area (Å²) in [6.07, 6.45) is 0.377. The van der Waals surface area contributed by atoms with Crippen LogP contribution in [0.3, 0.4) is 0 Å². The molecule has 0 unspecified atom stereocenters. The lowest BCUT2D eigenvalue weighted by Gasteiger charge is -2.13. The fourth-order valence-electron chi connectivity index (χ4n) is 1.73. The molecule has 126 valence electrons. The number of carboxylic acids is 1. The maximum absolute atomic E-state index is 11.8. The Labute approximate surface area is 135 Å². The Morgan fingerprint density at radius 3 is 2.48 bits per heavy atom. The molecular weight excluding hydrogens is 298 g/mol. The van der Waals surface area contributed by atoms with E-state index in [0.717, 1.165) is 5.56 Å². The van der Waals surface area contributed by atoms with Crippen LogP contribution in [0.25, 0.3) is 0 Å². The minimum Gasteiger partial charge on any atom is -0.481 e. The Bertz CT molecular complexity index is 585. The molecule has 0 aromatic heterocycles. The van der Waals surface area contributed by atoms with E-state index < -0.39 is 12.0 Å². The molecule has 0 aliphatic heterocycles. The van der Waals surface area contributed by atoms with Crippen LogP contribution in [0.5, 0.6) is 0 Å². The van der Waals surface area contributed by atoms with E-state index in [1.54, 1.807) is 32.0 Å². The summed E-state index contributed by atoms with van der Waals surface area (Å²) in [5.74, 6) is -1.13. The highest BCUT2D eigenvalue weighted by atomic mass is 16.4. The van der Waals surface area contributed by atoms with Crippen LogP contribution in [0.2, 0.25) is 0 Å². The number of anilines is 2. The number of hydrogen-bond donors (Lipinski definition) is 4. The van der Waals surface area contributed by atoms with Crippen molar-refractivity contribution in [2.24, 2.45) is 5.92 Å². The van der Waals surface area contributed by atoms with Crippen LogP contribution in [0.15, 0.2) is 18.2 Å². The topological polar surface area (TPSA) is 108 Å². The van der Waals surface area contributed by atoms with Gasteiger partial charge < -0.3 is 21.1 Å². The summed E-state index contributed by atoms with van der Waals surface area (Å²) in [6, 6.07) is 4.85. The van der Waals surface area contributed by atoms with Gasteiger partial charge in [0.1, 0.15) is 0 Å². The Morgan fingerprint density at radius 1 is 1.17 bits per heavy atom. The number of nitrogens with one attached hydrogen (secondary N) is 3. The van der Waals surface area contributed by atoms with Crippen LogP contribution >= 0.6 is 0 Å². The van der Waals surface area contributed by atoms with Crippen LogP contribution in [0.4, 0.5) is 16.2 Å². The number of amides is 3. The van der Waals surface area contributed by atoms with Crippen molar-refractivity contribution in [1.29, 1.82) is 0 Å². The molecule has 0 saturated heterocycles. The van der Waals surface area contributed by atoms with E-state index >= 15 is 0 Å². The number of urea groups is 1. The van der Waals surface area contributed by atoms with Gasteiger partial charge in [-0.15, -0.1) is 0 Å². The molecule has 7 heteroatoms. The predicted molar refractivity (Wildman–Crippen MR) is 88.5 cm³/mol. The van der Waals surface area contributed by atoms with Gasteiger partial charge in [-0.05, 0) is 31.0 Å². The first kappa shape index (κ1) is 18.5. The number of aliphatic carboxylic acids is 1. The van der Waals surface area contributed by atoms with Crippen molar-refractivity contribution in [1.82, 2.24) is 5.32 Å². The first-order chi connectivity index (χ1) is 10.8. The monoisotopic (exact) mass is 321 g/mol. The molecule has 1 rings (SSSR count). The third kappa shape index (κ3) is 6.82. The molecule has 0 bridgehead atoms. The van der Waals surface area contributed by atoms with Crippen LogP contribution in [-0.4, -0.2) is 29.6 Å². The van der Waals surface area contributed by atoms with Gasteiger partial charge in [0.25, 0.3) is 0 Å². The molecule has 0 saturated carbocycles. The molecule has 4 N–H and O–H groups in total. The van der Waals surface area contributed by atoms with Gasteiger partial charge in [0.2, 0.25) is 5.91 Å². The average molecular weight is 321 g/mol. The average Bonchev–Trinajstić information content (AvgIpc) is 2.46. The van der Waals surface area contributed by atoms with Gasteiger partial charge >= 0.3 is 12.0 Å². The van der Waals surface area contributed by atoms with Crippen molar-refractivity contribution < 1.29 is 19.5 Å². The molecule has 0 heterocycles. The molecule has 0 fully saturated rings. The SMILES string of the molecule is Cc1ccc(NC(=O)C(C)C)cc1NC(=O)NCCCC(=O)O. The molecule has 0 atom stereocenters. The van der Waals surface area contributed by atoms with Crippen LogP contribution in [0.1, 0.15) is 32.3 Å². The predicted octanol–water partition coefficient (Wildman–Crippen LogP) is 2.58. The van der Waals surface area contributed by atoms with E-state index in [1.165, 1.54) is 0 Å². The first-order valence-corrected chi connectivity index (χ1v) is 7.47. The lowest BCUT2D eigenvalue weighted by Crippen LogP contribution is -2.30. The van der Waals surface area contributed by atoms with Crippen molar-refractivity contribution >= 4 is 29.3 Å². The van der Waals surface area contributed by atoms with E-state index in [9.17, 15) is 14.4 Å². The number of aryl methyl sites for hydroxylation is 1. The quantitative estimate of drug-likeness (QED) is 0.579. The number of benzene rings is 1. The van der Waals surface area contributed by atoms with Crippen LogP contribution < -0.4 is 16.0 Å². The summed E-state index contributed by atoms with van der Waals surface area (Å²) in [7, 11) is 0. The van der Waals surface area contributed by atoms with Gasteiger partial charge in [-0.1, -0.05) is 19.9 Å². The molecule has 0 radical (unpaired) electrons.